The van der Waals surface area contributed by atoms with Gasteiger partial charge in [0, 0.05) is 85.5 Å². The third-order valence-corrected chi connectivity index (χ3v) is 6.44. The molecule has 0 unspecified atom stereocenters. The number of aromatic carboxylic acids is 1. The second kappa shape index (κ2) is 49.7. The van der Waals surface area contributed by atoms with Crippen LogP contribution in [0.25, 0.3) is 11.6 Å². The molecule has 0 amide bonds. The molecule has 0 aromatic carbocycles. The first-order valence-electron chi connectivity index (χ1n) is 17.8. The smallest absolute Gasteiger partial charge is 0.354 e. The largest absolute Gasteiger partial charge is 0.477 e. The van der Waals surface area contributed by atoms with Gasteiger partial charge in [-0.2, -0.15) is 0 Å². The normalized spacial score (nSPS) is 8.95. The number of aromatic nitrogens is 5. The van der Waals surface area contributed by atoms with E-state index in [4.69, 9.17) is 34.2 Å². The quantitative estimate of drug-likeness (QED) is 0.0431. The van der Waals surface area contributed by atoms with Crippen LogP contribution in [-0.2, 0) is 23.7 Å². The molecule has 16 nitrogen and oxygen atoms in total. The fourth-order valence-corrected chi connectivity index (χ4v) is 3.70. The van der Waals surface area contributed by atoms with Crippen molar-refractivity contribution in [1.29, 1.82) is 0 Å². The molecule has 5 rings (SSSR count). The van der Waals surface area contributed by atoms with Crippen LogP contribution in [0, 0.1) is 0 Å². The number of carboxylic acids is 1. The second-order valence-corrected chi connectivity index (χ2v) is 10.1. The molecule has 0 saturated heterocycles. The van der Waals surface area contributed by atoms with Crippen LogP contribution in [0.5, 0.6) is 0 Å². The number of ketones is 2. The molecular weight excluding hydrogens is 1070 g/mol. The summed E-state index contributed by atoms with van der Waals surface area (Å²) in [5.74, 6) is 6.75. The van der Waals surface area contributed by atoms with Gasteiger partial charge in [0.1, 0.15) is 35.3 Å². The van der Waals surface area contributed by atoms with Crippen LogP contribution in [0.3, 0.4) is 0 Å². The van der Waals surface area contributed by atoms with Gasteiger partial charge in [0.15, 0.2) is 24.1 Å². The fourth-order valence-electron chi connectivity index (χ4n) is 3.70. The molecule has 0 radical (unpaired) electrons. The maximum absolute atomic E-state index is 11.6. The van der Waals surface area contributed by atoms with Crippen molar-refractivity contribution in [2.45, 2.75) is 38.3 Å². The average molecular weight is 1130 g/mol. The SMILES string of the molecule is CBr.CBr.CBr.CBr.COC(CCC(=O)c1ccccn1)OC.COC(CN)OC.O=C(O)c1ccccn1.O=CCCC(=O)c1ccccn1.c1ccc(-c2ncco2)nc1. The second-order valence-electron chi connectivity index (χ2n) is 10.1. The number of carbonyl (C=O) groups excluding carboxylic acids is 3. The summed E-state index contributed by atoms with van der Waals surface area (Å²) in [6.45, 7) is 0.410. The molecule has 3 N–H and O–H groups in total. The van der Waals surface area contributed by atoms with Crippen molar-refractivity contribution in [3.63, 3.8) is 0 Å². The van der Waals surface area contributed by atoms with Crippen molar-refractivity contribution < 1.29 is 47.6 Å². The minimum Gasteiger partial charge on any atom is -0.477 e. The Morgan fingerprint density at radius 1 is 0.613 bits per heavy atom. The number of oxazole rings is 1. The highest BCUT2D eigenvalue weighted by Crippen LogP contribution is 2.12. The van der Waals surface area contributed by atoms with E-state index in [0.29, 0.717) is 36.7 Å². The molecule has 0 atom stereocenters. The Morgan fingerprint density at radius 3 is 1.32 bits per heavy atom. The summed E-state index contributed by atoms with van der Waals surface area (Å²) in [4.78, 5) is 62.3. The maximum Gasteiger partial charge on any atom is 0.354 e. The van der Waals surface area contributed by atoms with Gasteiger partial charge in [0.25, 0.3) is 0 Å². The van der Waals surface area contributed by atoms with Crippen LogP contribution in [0.1, 0.15) is 57.1 Å². The van der Waals surface area contributed by atoms with E-state index >= 15 is 0 Å². The molecule has 5 aromatic rings. The summed E-state index contributed by atoms with van der Waals surface area (Å²) in [7, 11) is 6.22. The summed E-state index contributed by atoms with van der Waals surface area (Å²) in [5.41, 5.74) is 6.91. The number of hydrogen-bond acceptors (Lipinski definition) is 15. The van der Waals surface area contributed by atoms with Gasteiger partial charge in [-0.05, 0) is 71.9 Å². The summed E-state index contributed by atoms with van der Waals surface area (Å²) >= 11 is 11.8. The molecule has 5 heterocycles. The van der Waals surface area contributed by atoms with Gasteiger partial charge < -0.3 is 39.0 Å². The molecule has 0 aliphatic carbocycles. The van der Waals surface area contributed by atoms with Gasteiger partial charge >= 0.3 is 5.97 Å². The van der Waals surface area contributed by atoms with Gasteiger partial charge in [-0.15, -0.1) is 0 Å². The van der Waals surface area contributed by atoms with Gasteiger partial charge in [-0.1, -0.05) is 88.0 Å². The Hall–Kier alpha value is -3.99. The van der Waals surface area contributed by atoms with Crippen LogP contribution in [0.15, 0.2) is 114 Å². The summed E-state index contributed by atoms with van der Waals surface area (Å²) in [6.07, 6.45) is 11.1. The first kappa shape index (κ1) is 64.6. The van der Waals surface area contributed by atoms with Gasteiger partial charge in [-0.25, -0.2) is 14.8 Å². The number of aldehydes is 1. The molecule has 0 spiro atoms. The Bertz CT molecular complexity index is 1700. The maximum atomic E-state index is 11.6. The van der Waals surface area contributed by atoms with Crippen LogP contribution < -0.4 is 5.73 Å². The van der Waals surface area contributed by atoms with Crippen molar-refractivity contribution in [1.82, 2.24) is 24.9 Å². The van der Waals surface area contributed by atoms with Gasteiger partial charge in [0.2, 0.25) is 5.89 Å². The van der Waals surface area contributed by atoms with Crippen molar-refractivity contribution in [2.24, 2.45) is 5.73 Å². The molecule has 344 valence electrons. The molecule has 5 aromatic heterocycles. The number of alkyl halides is 4. The van der Waals surface area contributed by atoms with Crippen molar-refractivity contribution in [3.8, 4) is 11.6 Å². The van der Waals surface area contributed by atoms with E-state index in [9.17, 15) is 19.2 Å². The zero-order chi connectivity index (χ0) is 47.8. The number of pyridine rings is 4. The number of methoxy groups -OCH3 is 4. The molecular formula is C42H58Br4N6O10. The van der Waals surface area contributed by atoms with E-state index in [1.54, 1.807) is 102 Å². The van der Waals surface area contributed by atoms with Crippen LogP contribution in [-0.4, -0.2) is 125 Å². The summed E-state index contributed by atoms with van der Waals surface area (Å²) in [6, 6.07) is 20.8. The number of rotatable bonds is 15. The van der Waals surface area contributed by atoms with Crippen LogP contribution in [0.4, 0.5) is 0 Å². The van der Waals surface area contributed by atoms with Gasteiger partial charge in [0.05, 0.1) is 6.20 Å². The fraction of sp³-hybridized carbons (Fsp3) is 0.357. The monoisotopic (exact) mass is 1120 g/mol. The number of ether oxygens (including phenoxy) is 4. The zero-order valence-corrected chi connectivity index (χ0v) is 42.5. The van der Waals surface area contributed by atoms with Crippen LogP contribution >= 0.6 is 63.7 Å². The predicted octanol–water partition coefficient (Wildman–Crippen LogP) is 9.03. The molecule has 62 heavy (non-hydrogen) atoms. The number of nitrogens with zero attached hydrogens (tertiary/aromatic N) is 5. The first-order valence-corrected chi connectivity index (χ1v) is 24.2. The number of Topliss-reactive ketones (excluding diaryl/α,β-unsaturated/α-hetero) is 2. The summed E-state index contributed by atoms with van der Waals surface area (Å²) < 4.78 is 24.4. The summed E-state index contributed by atoms with van der Waals surface area (Å²) in [5, 5.41) is 8.32. The van der Waals surface area contributed by atoms with Crippen molar-refractivity contribution >= 4 is 87.5 Å². The highest BCUT2D eigenvalue weighted by Gasteiger charge is 2.11. The Morgan fingerprint density at radius 2 is 1.03 bits per heavy atom. The Kier molecular flexibility index (Phi) is 51.8. The lowest BCUT2D eigenvalue weighted by Gasteiger charge is -2.11. The third-order valence-electron chi connectivity index (χ3n) is 6.44. The number of hydrogen-bond donors (Lipinski definition) is 2. The average Bonchev–Trinajstić information content (AvgIpc) is 3.92. The van der Waals surface area contributed by atoms with Crippen molar-refractivity contribution in [3.05, 3.63) is 127 Å². The molecule has 0 aliphatic rings. The van der Waals surface area contributed by atoms with E-state index in [1.165, 1.54) is 18.5 Å². The Balaban J connectivity index is -0.000000331. The van der Waals surface area contributed by atoms with E-state index in [-0.39, 0.29) is 42.7 Å². The highest BCUT2D eigenvalue weighted by atomic mass is 79.9. The van der Waals surface area contributed by atoms with E-state index in [0.717, 1.165) is 12.0 Å². The number of nitrogens with two attached hydrogens (primary N) is 1. The lowest BCUT2D eigenvalue weighted by Crippen LogP contribution is -2.23. The van der Waals surface area contributed by atoms with Crippen LogP contribution in [0.2, 0.25) is 0 Å². The molecule has 20 heteroatoms. The van der Waals surface area contributed by atoms with E-state index in [1.807, 2.05) is 41.5 Å². The van der Waals surface area contributed by atoms with Gasteiger partial charge in [-0.3, -0.25) is 24.5 Å². The number of carboxylic acid groups (broad SMARTS) is 1. The number of carbonyl (C=O) groups is 4. The van der Waals surface area contributed by atoms with E-state index in [2.05, 4.69) is 88.6 Å². The standard InChI is InChI=1S/C11H15NO3.C9H9NO2.C8H6N2O.C6H5NO2.C4H11NO2.4CH3Br/c1-14-11(15-2)7-6-10(13)9-5-3-4-8-12-9;11-7-3-5-9(12)8-4-1-2-6-10-8;1-2-4-9-7(3-1)8-10-5-6-11-8;8-6(9)5-3-1-2-4-7-5;1-6-4(3-5)7-2;4*1-2/h3-5,8,11H,6-7H2,1-2H3;1-2,4,6-7H,3,5H2;1-6H;1-4H,(H,8,9);4H,3,5H2,1-2H3;4*1H3. The topological polar surface area (TPSA) is 229 Å². The minimum atomic E-state index is -0.990. The molecule has 0 fully saturated rings. The van der Waals surface area contributed by atoms with Crippen molar-refractivity contribution in [2.75, 3.05) is 58.3 Å². The lowest BCUT2D eigenvalue weighted by atomic mass is 10.1. The molecule has 0 bridgehead atoms. The lowest BCUT2D eigenvalue weighted by molar-refractivity contribution is -0.107. The predicted molar refractivity (Wildman–Crippen MR) is 257 cm³/mol. The first-order chi connectivity index (χ1) is 30.2. The number of halogens is 4. The van der Waals surface area contributed by atoms with E-state index < -0.39 is 5.97 Å². The minimum absolute atomic E-state index is 0.00898. The molecule has 0 saturated carbocycles. The molecule has 0 aliphatic heterocycles. The Labute approximate surface area is 398 Å². The highest BCUT2D eigenvalue weighted by molar-refractivity contribution is 9.09. The third kappa shape index (κ3) is 34.6. The zero-order valence-electron chi connectivity index (χ0n) is 36.1.